The van der Waals surface area contributed by atoms with E-state index in [1.165, 1.54) is 44.1 Å². The molecule has 0 radical (unpaired) electrons. The summed E-state index contributed by atoms with van der Waals surface area (Å²) in [5.41, 5.74) is 13.1. The Hall–Kier alpha value is -2.71. The zero-order valence-electron chi connectivity index (χ0n) is 22.1. The number of aromatic nitrogens is 4. The Morgan fingerprint density at radius 3 is 2.38 bits per heavy atom. The molecular formula is C29H42N8. The summed E-state index contributed by atoms with van der Waals surface area (Å²) in [5.74, 6) is 2.81. The van der Waals surface area contributed by atoms with Crippen molar-refractivity contribution in [1.29, 1.82) is 0 Å². The molecule has 8 nitrogen and oxygen atoms in total. The van der Waals surface area contributed by atoms with Crippen molar-refractivity contribution in [1.82, 2.24) is 24.5 Å². The molecule has 198 valence electrons. The number of nitrogens with two attached hydrogens (primary N) is 1. The van der Waals surface area contributed by atoms with Crippen LogP contribution >= 0.6 is 0 Å². The normalized spacial score (nSPS) is 24.9. The molecule has 1 saturated heterocycles. The van der Waals surface area contributed by atoms with Gasteiger partial charge < -0.3 is 21.0 Å². The summed E-state index contributed by atoms with van der Waals surface area (Å²) >= 11 is 0. The third-order valence-electron chi connectivity index (χ3n) is 9.08. The second-order valence-electron chi connectivity index (χ2n) is 11.5. The summed E-state index contributed by atoms with van der Waals surface area (Å²) < 4.78 is 2.30. The highest BCUT2D eigenvalue weighted by Crippen LogP contribution is 2.35. The molecule has 1 atom stereocenters. The van der Waals surface area contributed by atoms with Crippen LogP contribution in [0.5, 0.6) is 0 Å². The highest BCUT2D eigenvalue weighted by molar-refractivity contribution is 5.84. The third kappa shape index (κ3) is 5.46. The molecule has 8 heteroatoms. The molecular weight excluding hydrogens is 460 g/mol. The second-order valence-corrected chi connectivity index (χ2v) is 11.5. The van der Waals surface area contributed by atoms with Crippen molar-refractivity contribution in [3.05, 3.63) is 42.2 Å². The average molecular weight is 503 g/mol. The second kappa shape index (κ2) is 11.0. The summed E-state index contributed by atoms with van der Waals surface area (Å²) in [6.45, 7) is 4.38. The van der Waals surface area contributed by atoms with Crippen molar-refractivity contribution < 1.29 is 0 Å². The lowest BCUT2D eigenvalue weighted by atomic mass is 9.81. The summed E-state index contributed by atoms with van der Waals surface area (Å²) in [5, 5.41) is 5.97. The number of hydrogen-bond donors (Lipinski definition) is 3. The fourth-order valence-corrected chi connectivity index (χ4v) is 6.64. The van der Waals surface area contributed by atoms with Crippen LogP contribution in [0.3, 0.4) is 0 Å². The molecule has 3 aromatic rings. The van der Waals surface area contributed by atoms with Gasteiger partial charge >= 0.3 is 0 Å². The van der Waals surface area contributed by atoms with Gasteiger partial charge in [-0.2, -0.15) is 9.97 Å². The standard InChI is InChI=1S/C29H42N8/c1-20(21-7-3-2-4-8-21)22-15-17-36(18-16-22)35-27-26-28(37(19-31-26)25-9-5-6-10-25)34-29(33-27)32-24-13-11-23(30)12-14-24/h2-4,7-8,19-20,22-25H,5-6,9-18,30H2,1H3,(H2,32,33,34,35)/t20?,23-,24-. The van der Waals surface area contributed by atoms with E-state index >= 15 is 0 Å². The largest absolute Gasteiger partial charge is 0.351 e. The monoisotopic (exact) mass is 502 g/mol. The van der Waals surface area contributed by atoms with Gasteiger partial charge in [0, 0.05) is 31.2 Å². The van der Waals surface area contributed by atoms with Gasteiger partial charge in [0.05, 0.1) is 6.33 Å². The zero-order valence-corrected chi connectivity index (χ0v) is 22.1. The fraction of sp³-hybridized carbons (Fsp3) is 0.621. The van der Waals surface area contributed by atoms with Crippen molar-refractivity contribution >= 4 is 22.9 Å². The maximum absolute atomic E-state index is 6.14. The lowest BCUT2D eigenvalue weighted by Gasteiger charge is -2.35. The van der Waals surface area contributed by atoms with Crippen molar-refractivity contribution in [2.24, 2.45) is 11.7 Å². The van der Waals surface area contributed by atoms with Crippen LogP contribution in [0.1, 0.15) is 88.7 Å². The highest BCUT2D eigenvalue weighted by atomic mass is 15.5. The Morgan fingerprint density at radius 1 is 0.919 bits per heavy atom. The first-order valence-electron chi connectivity index (χ1n) is 14.5. The number of piperidine rings is 1. The minimum atomic E-state index is 0.329. The Balaban J connectivity index is 1.20. The first-order valence-corrected chi connectivity index (χ1v) is 14.5. The predicted molar refractivity (Wildman–Crippen MR) is 149 cm³/mol. The first-order chi connectivity index (χ1) is 18.1. The maximum atomic E-state index is 6.14. The molecule has 6 rings (SSSR count). The average Bonchev–Trinajstić information content (AvgIpc) is 3.61. The lowest BCUT2D eigenvalue weighted by molar-refractivity contribution is 0.200. The van der Waals surface area contributed by atoms with Gasteiger partial charge in [-0.3, -0.25) is 0 Å². The molecule has 2 aliphatic carbocycles. The Morgan fingerprint density at radius 2 is 1.65 bits per heavy atom. The molecule has 3 fully saturated rings. The number of imidazole rings is 1. The SMILES string of the molecule is CC(c1ccccc1)C1CCN(Nc2nc(N[C@H]3CC[C@H](N)CC3)nc3c2ncn3C2CCCC2)CC1. The van der Waals surface area contributed by atoms with E-state index in [1.807, 2.05) is 6.33 Å². The number of nitrogens with zero attached hydrogens (tertiary/aromatic N) is 5. The molecule has 3 aliphatic rings. The van der Waals surface area contributed by atoms with Gasteiger partial charge in [-0.05, 0) is 68.8 Å². The summed E-state index contributed by atoms with van der Waals surface area (Å²) in [6, 6.07) is 12.1. The van der Waals surface area contributed by atoms with Crippen molar-refractivity contribution in [2.75, 3.05) is 23.8 Å². The first kappa shape index (κ1) is 24.6. The molecule has 1 unspecified atom stereocenters. The van der Waals surface area contributed by atoms with Gasteiger partial charge in [0.1, 0.15) is 0 Å². The molecule has 3 heterocycles. The van der Waals surface area contributed by atoms with Crippen LogP contribution in [0.2, 0.25) is 0 Å². The lowest BCUT2D eigenvalue weighted by Crippen LogP contribution is -2.39. The van der Waals surface area contributed by atoms with Gasteiger partial charge in [0.15, 0.2) is 17.0 Å². The molecule has 1 aliphatic heterocycles. The van der Waals surface area contributed by atoms with Crippen LogP contribution in [-0.4, -0.2) is 49.7 Å². The summed E-state index contributed by atoms with van der Waals surface area (Å²) in [4.78, 5) is 14.8. The van der Waals surface area contributed by atoms with Crippen molar-refractivity contribution in [3.63, 3.8) is 0 Å². The van der Waals surface area contributed by atoms with Gasteiger partial charge in [0.2, 0.25) is 5.95 Å². The molecule has 1 aromatic carbocycles. The molecule has 0 spiro atoms. The molecule has 0 bridgehead atoms. The van der Waals surface area contributed by atoms with E-state index < -0.39 is 0 Å². The Bertz CT molecular complexity index is 1160. The molecule has 4 N–H and O–H groups in total. The minimum absolute atomic E-state index is 0.329. The molecule has 2 saturated carbocycles. The van der Waals surface area contributed by atoms with Crippen LogP contribution in [0, 0.1) is 5.92 Å². The Kier molecular flexibility index (Phi) is 7.29. The van der Waals surface area contributed by atoms with Crippen molar-refractivity contribution in [3.8, 4) is 0 Å². The van der Waals surface area contributed by atoms with Crippen molar-refractivity contribution in [2.45, 2.75) is 95.2 Å². The number of anilines is 2. The van der Waals surface area contributed by atoms with Gasteiger partial charge in [-0.25, -0.2) is 9.99 Å². The van der Waals surface area contributed by atoms with E-state index in [4.69, 9.17) is 20.7 Å². The highest BCUT2D eigenvalue weighted by Gasteiger charge is 2.27. The van der Waals surface area contributed by atoms with Crippen LogP contribution in [0.4, 0.5) is 11.8 Å². The van der Waals surface area contributed by atoms with Gasteiger partial charge in [0.25, 0.3) is 0 Å². The zero-order chi connectivity index (χ0) is 25.2. The minimum Gasteiger partial charge on any atom is -0.351 e. The van der Waals surface area contributed by atoms with Crippen LogP contribution < -0.4 is 16.5 Å². The van der Waals surface area contributed by atoms with Crippen LogP contribution in [-0.2, 0) is 0 Å². The summed E-state index contributed by atoms with van der Waals surface area (Å²) in [7, 11) is 0. The van der Waals surface area contributed by atoms with Gasteiger partial charge in [-0.1, -0.05) is 50.1 Å². The maximum Gasteiger partial charge on any atom is 0.227 e. The number of hydrazine groups is 1. The third-order valence-corrected chi connectivity index (χ3v) is 9.08. The number of fused-ring (bicyclic) bond motifs is 1. The van der Waals surface area contributed by atoms with E-state index in [0.29, 0.717) is 35.9 Å². The number of nitrogens with one attached hydrogen (secondary N) is 2. The van der Waals surface area contributed by atoms with E-state index in [-0.39, 0.29) is 0 Å². The number of rotatable bonds is 7. The van der Waals surface area contributed by atoms with E-state index in [0.717, 1.165) is 55.8 Å². The van der Waals surface area contributed by atoms with Gasteiger partial charge in [-0.15, -0.1) is 0 Å². The van der Waals surface area contributed by atoms with E-state index in [9.17, 15) is 0 Å². The smallest absolute Gasteiger partial charge is 0.227 e. The molecule has 0 amide bonds. The number of benzene rings is 1. The predicted octanol–water partition coefficient (Wildman–Crippen LogP) is 5.47. The molecule has 2 aromatic heterocycles. The number of hydrogen-bond acceptors (Lipinski definition) is 7. The Labute approximate surface area is 220 Å². The molecule has 37 heavy (non-hydrogen) atoms. The van der Waals surface area contributed by atoms with Crippen LogP contribution in [0.15, 0.2) is 36.7 Å². The van der Waals surface area contributed by atoms with E-state index in [2.05, 4.69) is 57.6 Å². The fourth-order valence-electron chi connectivity index (χ4n) is 6.64. The van der Waals surface area contributed by atoms with Crippen LogP contribution in [0.25, 0.3) is 11.2 Å². The van der Waals surface area contributed by atoms with E-state index in [1.54, 1.807) is 0 Å². The summed E-state index contributed by atoms with van der Waals surface area (Å²) in [6.07, 6.45) is 13.5. The topological polar surface area (TPSA) is 96.9 Å². The quantitative estimate of drug-likeness (QED) is 0.394.